The Kier molecular flexibility index (Phi) is 6.22. The van der Waals surface area contributed by atoms with Crippen LogP contribution < -0.4 is 10.6 Å². The summed E-state index contributed by atoms with van der Waals surface area (Å²) >= 11 is 0. The quantitative estimate of drug-likeness (QED) is 0.787. The van der Waals surface area contributed by atoms with Crippen LogP contribution >= 0.6 is 0 Å². The molecule has 0 saturated carbocycles. The number of hydrogen-bond donors (Lipinski definition) is 2. The van der Waals surface area contributed by atoms with E-state index >= 15 is 0 Å². The van der Waals surface area contributed by atoms with E-state index in [0.717, 1.165) is 6.42 Å². The number of nitrogens with one attached hydrogen (secondary N) is 2. The monoisotopic (exact) mass is 341 g/mol. The molecule has 0 aliphatic heterocycles. The average Bonchev–Trinajstić information content (AvgIpc) is 2.59. The van der Waals surface area contributed by atoms with Crippen molar-refractivity contribution in [3.63, 3.8) is 0 Å². The Bertz CT molecular complexity index is 789. The Morgan fingerprint density at radius 3 is 2.60 bits per heavy atom. The molecule has 2 aromatic rings. The molecule has 25 heavy (non-hydrogen) atoms. The average molecular weight is 341 g/mol. The molecule has 0 aliphatic carbocycles. The number of nitrogens with zero attached hydrogens (tertiary/aromatic N) is 1. The predicted octanol–water partition coefficient (Wildman–Crippen LogP) is 2.86. The molecule has 0 saturated heterocycles. The number of ether oxygens (including phenoxy) is 1. The van der Waals surface area contributed by atoms with Crippen LogP contribution in [0.1, 0.15) is 41.0 Å². The van der Waals surface area contributed by atoms with E-state index in [-0.39, 0.29) is 17.6 Å². The topological polar surface area (TPSA) is 97.4 Å². The molecule has 2 N–H and O–H groups in total. The maximum atomic E-state index is 12.3. The molecule has 0 radical (unpaired) electrons. The van der Waals surface area contributed by atoms with Crippen molar-refractivity contribution in [3.05, 3.63) is 53.7 Å². The molecule has 1 heterocycles. The summed E-state index contributed by atoms with van der Waals surface area (Å²) in [5.41, 5.74) is 1.16. The molecule has 2 rings (SSSR count). The highest BCUT2D eigenvalue weighted by Gasteiger charge is 2.11. The van der Waals surface area contributed by atoms with E-state index in [1.165, 1.54) is 25.3 Å². The van der Waals surface area contributed by atoms with Gasteiger partial charge in [-0.3, -0.25) is 9.59 Å². The lowest BCUT2D eigenvalue weighted by Gasteiger charge is -2.08. The maximum absolute atomic E-state index is 12.3. The van der Waals surface area contributed by atoms with Crippen molar-refractivity contribution in [2.24, 2.45) is 0 Å². The van der Waals surface area contributed by atoms with Crippen LogP contribution in [-0.4, -0.2) is 29.4 Å². The highest BCUT2D eigenvalue weighted by molar-refractivity contribution is 6.05. The van der Waals surface area contributed by atoms with Crippen LogP contribution in [-0.2, 0) is 9.53 Å². The van der Waals surface area contributed by atoms with Gasteiger partial charge in [0.05, 0.1) is 12.2 Å². The first-order valence-electron chi connectivity index (χ1n) is 7.81. The first-order chi connectivity index (χ1) is 12.0. The van der Waals surface area contributed by atoms with E-state index in [0.29, 0.717) is 23.4 Å². The Morgan fingerprint density at radius 1 is 1.08 bits per heavy atom. The molecule has 7 heteroatoms. The fraction of sp³-hybridized carbons (Fsp3) is 0.222. The lowest BCUT2D eigenvalue weighted by Crippen LogP contribution is -2.14. The van der Waals surface area contributed by atoms with Gasteiger partial charge in [0, 0.05) is 24.4 Å². The Morgan fingerprint density at radius 2 is 1.88 bits per heavy atom. The summed E-state index contributed by atoms with van der Waals surface area (Å²) in [5, 5.41) is 5.22. The van der Waals surface area contributed by atoms with Crippen molar-refractivity contribution in [3.8, 4) is 0 Å². The zero-order chi connectivity index (χ0) is 18.2. The van der Waals surface area contributed by atoms with Gasteiger partial charge in [-0.25, -0.2) is 9.78 Å². The third-order valence-corrected chi connectivity index (χ3v) is 3.12. The number of carbonyl (C=O) groups excluding carboxylic acids is 3. The van der Waals surface area contributed by atoms with Crippen molar-refractivity contribution < 1.29 is 19.1 Å². The third-order valence-electron chi connectivity index (χ3n) is 3.12. The molecule has 0 unspecified atom stereocenters. The van der Waals surface area contributed by atoms with Gasteiger partial charge in [0.15, 0.2) is 0 Å². The van der Waals surface area contributed by atoms with Gasteiger partial charge < -0.3 is 15.4 Å². The molecular weight excluding hydrogens is 322 g/mol. The summed E-state index contributed by atoms with van der Waals surface area (Å²) in [4.78, 5) is 39.2. The molecule has 0 aliphatic rings. The number of aromatic nitrogens is 1. The lowest BCUT2D eigenvalue weighted by molar-refractivity contribution is -0.114. The van der Waals surface area contributed by atoms with Crippen LogP contribution in [0.3, 0.4) is 0 Å². The fourth-order valence-corrected chi connectivity index (χ4v) is 2.03. The summed E-state index contributed by atoms with van der Waals surface area (Å²) in [5.74, 6) is -0.803. The van der Waals surface area contributed by atoms with Gasteiger partial charge in [-0.2, -0.15) is 0 Å². The van der Waals surface area contributed by atoms with Gasteiger partial charge in [-0.05, 0) is 36.8 Å². The van der Waals surface area contributed by atoms with Crippen molar-refractivity contribution in [2.75, 3.05) is 17.2 Å². The minimum absolute atomic E-state index is 0.275. The summed E-state index contributed by atoms with van der Waals surface area (Å²) in [6.07, 6.45) is 2.17. The number of benzene rings is 1. The Labute approximate surface area is 145 Å². The van der Waals surface area contributed by atoms with E-state index < -0.39 is 5.97 Å². The molecule has 0 bridgehead atoms. The first kappa shape index (κ1) is 18.1. The first-order valence-corrected chi connectivity index (χ1v) is 7.81. The minimum Gasteiger partial charge on any atom is -0.462 e. The largest absolute Gasteiger partial charge is 0.462 e. The molecule has 0 atom stereocenters. The smallest absolute Gasteiger partial charge is 0.338 e. The zero-order valence-electron chi connectivity index (χ0n) is 14.0. The van der Waals surface area contributed by atoms with Gasteiger partial charge >= 0.3 is 5.97 Å². The van der Waals surface area contributed by atoms with E-state index in [4.69, 9.17) is 4.74 Å². The van der Waals surface area contributed by atoms with Gasteiger partial charge in [0.2, 0.25) is 5.91 Å². The summed E-state index contributed by atoms with van der Waals surface area (Å²) < 4.78 is 5.07. The normalized spacial score (nSPS) is 10.0. The van der Waals surface area contributed by atoms with E-state index in [9.17, 15) is 14.4 Å². The second kappa shape index (κ2) is 8.58. The van der Waals surface area contributed by atoms with Gasteiger partial charge in [-0.1, -0.05) is 13.0 Å². The SMILES string of the molecule is CCCOC(=O)c1cccc(NC(=O)c2ccnc(NC(C)=O)c2)c1. The molecule has 1 aromatic carbocycles. The molecule has 7 nitrogen and oxygen atoms in total. The Hall–Kier alpha value is -3.22. The second-order valence-electron chi connectivity index (χ2n) is 5.28. The molecule has 0 fully saturated rings. The highest BCUT2D eigenvalue weighted by atomic mass is 16.5. The van der Waals surface area contributed by atoms with Crippen LogP contribution in [0.15, 0.2) is 42.6 Å². The lowest BCUT2D eigenvalue weighted by atomic mass is 10.2. The highest BCUT2D eigenvalue weighted by Crippen LogP contribution is 2.14. The number of carbonyl (C=O) groups is 3. The van der Waals surface area contributed by atoms with Gasteiger partial charge in [0.25, 0.3) is 5.91 Å². The van der Waals surface area contributed by atoms with Crippen molar-refractivity contribution >= 4 is 29.3 Å². The van der Waals surface area contributed by atoms with Crippen LogP contribution in [0, 0.1) is 0 Å². The van der Waals surface area contributed by atoms with Gasteiger partial charge in [0.1, 0.15) is 5.82 Å². The molecule has 130 valence electrons. The molecule has 2 amide bonds. The van der Waals surface area contributed by atoms with Crippen molar-refractivity contribution in [1.82, 2.24) is 4.98 Å². The standard InChI is InChI=1S/C18H19N3O4/c1-3-9-25-18(24)14-5-4-6-15(10-14)21-17(23)13-7-8-19-16(11-13)20-12(2)22/h4-8,10-11H,3,9H2,1-2H3,(H,21,23)(H,19,20,22). The number of rotatable bonds is 6. The second-order valence-corrected chi connectivity index (χ2v) is 5.28. The van der Waals surface area contributed by atoms with Crippen molar-refractivity contribution in [1.29, 1.82) is 0 Å². The van der Waals surface area contributed by atoms with E-state index in [2.05, 4.69) is 15.6 Å². The van der Waals surface area contributed by atoms with Crippen LogP contribution in [0.5, 0.6) is 0 Å². The predicted molar refractivity (Wildman–Crippen MR) is 93.5 cm³/mol. The maximum Gasteiger partial charge on any atom is 0.338 e. The number of pyridine rings is 1. The zero-order valence-corrected chi connectivity index (χ0v) is 14.0. The third kappa shape index (κ3) is 5.42. The summed E-state index contributed by atoms with van der Waals surface area (Å²) in [7, 11) is 0. The van der Waals surface area contributed by atoms with Crippen LogP contribution in [0.4, 0.5) is 11.5 Å². The van der Waals surface area contributed by atoms with Gasteiger partial charge in [-0.15, -0.1) is 0 Å². The van der Waals surface area contributed by atoms with E-state index in [1.54, 1.807) is 24.3 Å². The minimum atomic E-state index is -0.435. The molecular formula is C18H19N3O4. The molecule has 0 spiro atoms. The number of hydrogen-bond acceptors (Lipinski definition) is 5. The number of anilines is 2. The van der Waals surface area contributed by atoms with E-state index in [1.807, 2.05) is 6.92 Å². The van der Waals surface area contributed by atoms with Crippen LogP contribution in [0.2, 0.25) is 0 Å². The Balaban J connectivity index is 2.10. The van der Waals surface area contributed by atoms with Crippen molar-refractivity contribution in [2.45, 2.75) is 20.3 Å². The number of amides is 2. The molecule has 1 aromatic heterocycles. The number of esters is 1. The van der Waals surface area contributed by atoms with Crippen LogP contribution in [0.25, 0.3) is 0 Å². The summed E-state index contributed by atoms with van der Waals surface area (Å²) in [6, 6.07) is 9.49. The summed E-state index contributed by atoms with van der Waals surface area (Å²) in [6.45, 7) is 3.61. The fourth-order valence-electron chi connectivity index (χ4n) is 2.03.